The van der Waals surface area contributed by atoms with E-state index >= 15 is 4.39 Å². The monoisotopic (exact) mass is 496 g/mol. The number of aliphatic hydroxyl groups is 2. The van der Waals surface area contributed by atoms with Gasteiger partial charge in [0.2, 0.25) is 0 Å². The zero-order valence-electron chi connectivity index (χ0n) is 22.1. The SMILES string of the molecule is Cc1ccc(-c2ccc(CCc3ccc(-c4ccc(CCC(CO)CO)cc4C)c(F)c3)cc2C)cc1. The number of hydrogen-bond donors (Lipinski definition) is 2. The lowest BCUT2D eigenvalue weighted by Crippen LogP contribution is -2.11. The first-order valence-electron chi connectivity index (χ1n) is 13.1. The zero-order valence-corrected chi connectivity index (χ0v) is 22.1. The van der Waals surface area contributed by atoms with Crippen molar-refractivity contribution in [2.75, 3.05) is 13.2 Å². The highest BCUT2D eigenvalue weighted by Gasteiger charge is 2.12. The van der Waals surface area contributed by atoms with Crippen LogP contribution in [0, 0.1) is 32.5 Å². The Morgan fingerprint density at radius 3 is 1.65 bits per heavy atom. The predicted molar refractivity (Wildman–Crippen MR) is 151 cm³/mol. The molecule has 192 valence electrons. The standard InChI is InChI=1S/C34H37FO2/c1-23-4-13-30(14-5-23)31-15-10-26(18-24(31)2)6-7-28-12-17-33(34(35)20-28)32-16-11-27(19-25(32)3)8-9-29(21-36)22-37/h4-5,10-20,29,36-37H,6-9,21-22H2,1-3H3. The van der Waals surface area contributed by atoms with E-state index in [0.717, 1.165) is 47.9 Å². The van der Waals surface area contributed by atoms with Crippen LogP contribution in [0.5, 0.6) is 0 Å². The van der Waals surface area contributed by atoms with Gasteiger partial charge in [-0.2, -0.15) is 0 Å². The summed E-state index contributed by atoms with van der Waals surface area (Å²) in [5.74, 6) is -0.292. The summed E-state index contributed by atoms with van der Waals surface area (Å²) in [6.45, 7) is 6.23. The molecule has 0 unspecified atom stereocenters. The largest absolute Gasteiger partial charge is 0.396 e. The molecule has 2 N–H and O–H groups in total. The molecule has 0 radical (unpaired) electrons. The van der Waals surface area contributed by atoms with Crippen LogP contribution in [0.2, 0.25) is 0 Å². The second-order valence-electron chi connectivity index (χ2n) is 10.2. The third kappa shape index (κ3) is 6.74. The molecule has 0 amide bonds. The average Bonchev–Trinajstić information content (AvgIpc) is 2.89. The molecule has 4 aromatic rings. The highest BCUT2D eigenvalue weighted by molar-refractivity contribution is 5.69. The fourth-order valence-corrected chi connectivity index (χ4v) is 4.95. The number of rotatable bonds is 10. The first-order chi connectivity index (χ1) is 17.9. The average molecular weight is 497 g/mol. The van der Waals surface area contributed by atoms with Crippen molar-refractivity contribution >= 4 is 0 Å². The van der Waals surface area contributed by atoms with Crippen LogP contribution in [0.3, 0.4) is 0 Å². The second kappa shape index (κ2) is 12.3. The fourth-order valence-electron chi connectivity index (χ4n) is 4.95. The summed E-state index contributed by atoms with van der Waals surface area (Å²) < 4.78 is 15.2. The molecule has 0 atom stereocenters. The van der Waals surface area contributed by atoms with Crippen molar-refractivity contribution in [2.45, 2.75) is 46.5 Å². The van der Waals surface area contributed by atoms with Crippen LogP contribution in [-0.4, -0.2) is 23.4 Å². The molecule has 2 nitrogen and oxygen atoms in total. The highest BCUT2D eigenvalue weighted by atomic mass is 19.1. The number of aryl methyl sites for hydroxylation is 6. The van der Waals surface area contributed by atoms with Crippen LogP contribution >= 0.6 is 0 Å². The summed E-state index contributed by atoms with van der Waals surface area (Å²) in [6.07, 6.45) is 3.16. The van der Waals surface area contributed by atoms with E-state index in [0.29, 0.717) is 5.56 Å². The van der Waals surface area contributed by atoms with Crippen LogP contribution in [-0.2, 0) is 19.3 Å². The van der Waals surface area contributed by atoms with Crippen molar-refractivity contribution in [1.29, 1.82) is 0 Å². The maximum absolute atomic E-state index is 15.2. The minimum atomic E-state index is -0.195. The molecule has 0 spiro atoms. The molecule has 0 aliphatic heterocycles. The smallest absolute Gasteiger partial charge is 0.131 e. The quantitative estimate of drug-likeness (QED) is 0.240. The van der Waals surface area contributed by atoms with Gasteiger partial charge in [0.05, 0.1) is 0 Å². The number of hydrogen-bond acceptors (Lipinski definition) is 2. The van der Waals surface area contributed by atoms with E-state index in [1.807, 2.05) is 31.2 Å². The summed E-state index contributed by atoms with van der Waals surface area (Å²) >= 11 is 0. The van der Waals surface area contributed by atoms with Gasteiger partial charge in [-0.3, -0.25) is 0 Å². The van der Waals surface area contributed by atoms with Gasteiger partial charge in [-0.25, -0.2) is 4.39 Å². The summed E-state index contributed by atoms with van der Waals surface area (Å²) in [4.78, 5) is 0. The molecular weight excluding hydrogens is 459 g/mol. The summed E-state index contributed by atoms with van der Waals surface area (Å²) in [5, 5.41) is 18.6. The molecule has 0 heterocycles. The van der Waals surface area contributed by atoms with Gasteiger partial charge in [-0.05, 0) is 97.0 Å². The lowest BCUT2D eigenvalue weighted by molar-refractivity contribution is 0.144. The first-order valence-corrected chi connectivity index (χ1v) is 13.1. The molecule has 0 aliphatic carbocycles. The molecule has 4 rings (SSSR count). The highest BCUT2D eigenvalue weighted by Crippen LogP contribution is 2.29. The van der Waals surface area contributed by atoms with Crippen molar-refractivity contribution in [3.63, 3.8) is 0 Å². The number of benzene rings is 4. The van der Waals surface area contributed by atoms with Crippen LogP contribution in [0.4, 0.5) is 4.39 Å². The van der Waals surface area contributed by atoms with Crippen molar-refractivity contribution < 1.29 is 14.6 Å². The molecule has 37 heavy (non-hydrogen) atoms. The van der Waals surface area contributed by atoms with E-state index < -0.39 is 0 Å². The number of halogens is 1. The van der Waals surface area contributed by atoms with E-state index in [9.17, 15) is 10.2 Å². The normalized spacial score (nSPS) is 11.3. The van der Waals surface area contributed by atoms with Gasteiger partial charge in [-0.1, -0.05) is 78.4 Å². The van der Waals surface area contributed by atoms with Crippen molar-refractivity contribution in [1.82, 2.24) is 0 Å². The minimum absolute atomic E-state index is 0.0104. The van der Waals surface area contributed by atoms with E-state index in [1.165, 1.54) is 27.8 Å². The Hall–Kier alpha value is -3.27. The van der Waals surface area contributed by atoms with Crippen LogP contribution < -0.4 is 0 Å². The maximum atomic E-state index is 15.2. The third-order valence-corrected chi connectivity index (χ3v) is 7.33. The molecule has 0 saturated heterocycles. The molecule has 0 aromatic heterocycles. The van der Waals surface area contributed by atoms with Gasteiger partial charge in [-0.15, -0.1) is 0 Å². The lowest BCUT2D eigenvalue weighted by Gasteiger charge is -2.13. The van der Waals surface area contributed by atoms with E-state index in [-0.39, 0.29) is 24.9 Å². The van der Waals surface area contributed by atoms with Crippen LogP contribution in [0.25, 0.3) is 22.3 Å². The summed E-state index contributed by atoms with van der Waals surface area (Å²) in [7, 11) is 0. The third-order valence-electron chi connectivity index (χ3n) is 7.33. The van der Waals surface area contributed by atoms with Crippen molar-refractivity contribution in [3.8, 4) is 22.3 Å². The summed E-state index contributed by atoms with van der Waals surface area (Å²) in [6, 6.07) is 26.9. The predicted octanol–water partition coefficient (Wildman–Crippen LogP) is 7.40. The molecule has 4 aromatic carbocycles. The van der Waals surface area contributed by atoms with Gasteiger partial charge in [0.15, 0.2) is 0 Å². The first kappa shape index (κ1) is 26.8. The van der Waals surface area contributed by atoms with E-state index in [4.69, 9.17) is 0 Å². The molecule has 0 saturated carbocycles. The molecule has 0 fully saturated rings. The molecule has 0 bridgehead atoms. The summed E-state index contributed by atoms with van der Waals surface area (Å²) in [5.41, 5.74) is 10.9. The maximum Gasteiger partial charge on any atom is 0.131 e. The van der Waals surface area contributed by atoms with Gasteiger partial charge in [0.25, 0.3) is 0 Å². The van der Waals surface area contributed by atoms with Gasteiger partial charge in [0, 0.05) is 24.7 Å². The molecular formula is C34H37FO2. The Kier molecular flexibility index (Phi) is 8.91. The van der Waals surface area contributed by atoms with Crippen molar-refractivity contribution in [3.05, 3.63) is 118 Å². The molecule has 3 heteroatoms. The second-order valence-corrected chi connectivity index (χ2v) is 10.2. The van der Waals surface area contributed by atoms with Gasteiger partial charge >= 0.3 is 0 Å². The number of aliphatic hydroxyl groups excluding tert-OH is 2. The van der Waals surface area contributed by atoms with E-state index in [1.54, 1.807) is 6.07 Å². The Labute approximate surface area is 220 Å². The minimum Gasteiger partial charge on any atom is -0.396 e. The van der Waals surface area contributed by atoms with Gasteiger partial charge in [0.1, 0.15) is 5.82 Å². The Balaban J connectivity index is 1.42. The van der Waals surface area contributed by atoms with Gasteiger partial charge < -0.3 is 10.2 Å². The lowest BCUT2D eigenvalue weighted by atomic mass is 9.93. The Morgan fingerprint density at radius 2 is 1.11 bits per heavy atom. The zero-order chi connectivity index (χ0) is 26.4. The fraction of sp³-hybridized carbons (Fsp3) is 0.294. The van der Waals surface area contributed by atoms with Crippen molar-refractivity contribution in [2.24, 2.45) is 5.92 Å². The Bertz CT molecular complexity index is 1340. The Morgan fingerprint density at radius 1 is 0.595 bits per heavy atom. The van der Waals surface area contributed by atoms with E-state index in [2.05, 4.69) is 62.4 Å². The molecule has 0 aliphatic rings. The van der Waals surface area contributed by atoms with Crippen LogP contribution in [0.15, 0.2) is 78.9 Å². The van der Waals surface area contributed by atoms with Crippen LogP contribution in [0.1, 0.15) is 39.8 Å². The topological polar surface area (TPSA) is 40.5 Å².